The Kier molecular flexibility index (Phi) is 2.94. The number of aldehydes is 1. The number of carbonyl (C=O) groups is 1. The second kappa shape index (κ2) is 3.34. The highest BCUT2D eigenvalue weighted by Gasteiger charge is 1.80. The van der Waals surface area contributed by atoms with Gasteiger partial charge in [-0.25, -0.2) is 0 Å². The van der Waals surface area contributed by atoms with Crippen molar-refractivity contribution in [1.29, 1.82) is 0 Å². The monoisotopic (exact) mass is 100 g/mol. The molecule has 0 amide bonds. The summed E-state index contributed by atoms with van der Waals surface area (Å²) >= 11 is 0. The topological polar surface area (TPSA) is 57.5 Å². The summed E-state index contributed by atoms with van der Waals surface area (Å²) in [6.07, 6.45) is -1.40. The van der Waals surface area contributed by atoms with E-state index >= 15 is 0 Å². The summed E-state index contributed by atoms with van der Waals surface area (Å²) in [5.74, 6) is 3.61. The van der Waals surface area contributed by atoms with Gasteiger partial charge in [0.05, 0.1) is 0 Å². The predicted molar refractivity (Wildman–Crippen MR) is 22.1 cm³/mol. The zero-order valence-corrected chi connectivity index (χ0v) is 3.46. The molecule has 0 bridgehead atoms. The van der Waals surface area contributed by atoms with Crippen LogP contribution in [0.4, 0.5) is 0 Å². The fraction of sp³-hybridized carbons (Fsp3) is 0.250. The van der Waals surface area contributed by atoms with E-state index in [2.05, 4.69) is 0 Å². The standard InChI is InChI=1S/C4H4O3/c5-3-1-2-4(6)7/h3-4,6-7H. The lowest BCUT2D eigenvalue weighted by Crippen LogP contribution is -1.97. The molecule has 0 aromatic carbocycles. The Morgan fingerprint density at radius 1 is 1.57 bits per heavy atom. The first kappa shape index (κ1) is 6.15. The first-order valence-electron chi connectivity index (χ1n) is 1.58. The van der Waals surface area contributed by atoms with Gasteiger partial charge in [-0.2, -0.15) is 0 Å². The van der Waals surface area contributed by atoms with Crippen molar-refractivity contribution in [2.45, 2.75) is 6.29 Å². The van der Waals surface area contributed by atoms with Gasteiger partial charge in [0.1, 0.15) is 0 Å². The minimum atomic E-state index is -1.69. The second-order valence-corrected chi connectivity index (χ2v) is 0.780. The van der Waals surface area contributed by atoms with Crippen molar-refractivity contribution in [2.75, 3.05) is 0 Å². The van der Waals surface area contributed by atoms with Crippen LogP contribution in [0.1, 0.15) is 0 Å². The maximum Gasteiger partial charge on any atom is 0.217 e. The molecule has 0 aliphatic heterocycles. The Morgan fingerprint density at radius 2 is 2.14 bits per heavy atom. The summed E-state index contributed by atoms with van der Waals surface area (Å²) in [6, 6.07) is 0. The normalized spacial score (nSPS) is 7.29. The third kappa shape index (κ3) is 5.15. The highest BCUT2D eigenvalue weighted by Crippen LogP contribution is 1.62. The molecule has 0 heterocycles. The van der Waals surface area contributed by atoms with Gasteiger partial charge < -0.3 is 10.2 Å². The Bertz CT molecular complexity index is 106. The van der Waals surface area contributed by atoms with Crippen LogP contribution >= 0.6 is 0 Å². The number of aliphatic hydroxyl groups is 2. The van der Waals surface area contributed by atoms with Crippen molar-refractivity contribution >= 4 is 6.29 Å². The summed E-state index contributed by atoms with van der Waals surface area (Å²) in [7, 11) is 0. The van der Waals surface area contributed by atoms with Crippen LogP contribution in [0.2, 0.25) is 0 Å². The van der Waals surface area contributed by atoms with Crippen LogP contribution in [0.5, 0.6) is 0 Å². The van der Waals surface area contributed by atoms with E-state index in [9.17, 15) is 4.79 Å². The Labute approximate surface area is 40.6 Å². The van der Waals surface area contributed by atoms with E-state index in [1.165, 1.54) is 0 Å². The third-order valence-corrected chi connectivity index (χ3v) is 0.271. The molecule has 0 aromatic rings. The third-order valence-electron chi connectivity index (χ3n) is 0.271. The molecule has 2 N–H and O–H groups in total. The fourth-order valence-electron chi connectivity index (χ4n) is 0.109. The van der Waals surface area contributed by atoms with Gasteiger partial charge in [-0.1, -0.05) is 0 Å². The Hall–Kier alpha value is -0.850. The summed E-state index contributed by atoms with van der Waals surface area (Å²) in [5.41, 5.74) is 0. The van der Waals surface area contributed by atoms with E-state index in [1.807, 2.05) is 5.92 Å². The van der Waals surface area contributed by atoms with Gasteiger partial charge in [0, 0.05) is 0 Å². The molecule has 0 aliphatic rings. The zero-order valence-electron chi connectivity index (χ0n) is 3.46. The minimum Gasteiger partial charge on any atom is -0.358 e. The van der Waals surface area contributed by atoms with Crippen molar-refractivity contribution < 1.29 is 15.0 Å². The number of hydrogen-bond acceptors (Lipinski definition) is 3. The van der Waals surface area contributed by atoms with Crippen LogP contribution in [-0.4, -0.2) is 22.8 Å². The quantitative estimate of drug-likeness (QED) is 0.221. The molecular weight excluding hydrogens is 96.0 g/mol. The summed E-state index contributed by atoms with van der Waals surface area (Å²) in [5, 5.41) is 15.8. The summed E-state index contributed by atoms with van der Waals surface area (Å²) in [4.78, 5) is 9.31. The number of rotatable bonds is 0. The largest absolute Gasteiger partial charge is 0.358 e. The molecule has 0 aliphatic carbocycles. The molecule has 0 unspecified atom stereocenters. The molecule has 0 rings (SSSR count). The first-order chi connectivity index (χ1) is 3.27. The highest BCUT2D eigenvalue weighted by atomic mass is 16.5. The van der Waals surface area contributed by atoms with E-state index in [0.29, 0.717) is 6.29 Å². The van der Waals surface area contributed by atoms with Crippen LogP contribution in [-0.2, 0) is 4.79 Å². The fourth-order valence-corrected chi connectivity index (χ4v) is 0.109. The molecule has 0 spiro atoms. The molecule has 0 radical (unpaired) electrons. The lowest BCUT2D eigenvalue weighted by Gasteiger charge is -1.82. The smallest absolute Gasteiger partial charge is 0.217 e. The van der Waals surface area contributed by atoms with Crippen molar-refractivity contribution in [1.82, 2.24) is 0 Å². The SMILES string of the molecule is O=CC#CC(O)O. The molecule has 7 heavy (non-hydrogen) atoms. The van der Waals surface area contributed by atoms with Gasteiger partial charge in [0.15, 0.2) is 6.29 Å². The lowest BCUT2D eigenvalue weighted by atomic mass is 10.6. The molecule has 3 nitrogen and oxygen atoms in total. The lowest BCUT2D eigenvalue weighted by molar-refractivity contribution is -0.103. The van der Waals surface area contributed by atoms with E-state index in [0.717, 1.165) is 0 Å². The number of aliphatic hydroxyl groups excluding tert-OH is 1. The number of hydrogen-bond donors (Lipinski definition) is 2. The zero-order chi connectivity index (χ0) is 5.70. The maximum atomic E-state index is 9.31. The molecule has 38 valence electrons. The van der Waals surface area contributed by atoms with Gasteiger partial charge in [-0.05, 0) is 11.8 Å². The average molecular weight is 100 g/mol. The second-order valence-electron chi connectivity index (χ2n) is 0.780. The van der Waals surface area contributed by atoms with Gasteiger partial charge in [0.2, 0.25) is 6.29 Å². The molecule has 0 saturated carbocycles. The maximum absolute atomic E-state index is 9.31. The molecule has 0 atom stereocenters. The van der Waals surface area contributed by atoms with E-state index in [1.54, 1.807) is 5.92 Å². The predicted octanol–water partition coefficient (Wildman–Crippen LogP) is -1.50. The van der Waals surface area contributed by atoms with Crippen LogP contribution in [0.3, 0.4) is 0 Å². The van der Waals surface area contributed by atoms with Gasteiger partial charge in [0.25, 0.3) is 0 Å². The van der Waals surface area contributed by atoms with E-state index in [-0.39, 0.29) is 0 Å². The van der Waals surface area contributed by atoms with E-state index < -0.39 is 6.29 Å². The molecule has 0 fully saturated rings. The van der Waals surface area contributed by atoms with Crippen molar-refractivity contribution in [3.8, 4) is 11.8 Å². The Balaban J connectivity index is 3.43. The van der Waals surface area contributed by atoms with Gasteiger partial charge in [-0.15, -0.1) is 0 Å². The average Bonchev–Trinajstić information content (AvgIpc) is 1.61. The minimum absolute atomic E-state index is 0.291. The molecule has 0 aromatic heterocycles. The highest BCUT2D eigenvalue weighted by molar-refractivity contribution is 5.72. The van der Waals surface area contributed by atoms with Crippen molar-refractivity contribution in [3.63, 3.8) is 0 Å². The molecular formula is C4H4O3. The molecule has 0 saturated heterocycles. The Morgan fingerprint density at radius 3 is 2.29 bits per heavy atom. The van der Waals surface area contributed by atoms with Crippen LogP contribution in [0.15, 0.2) is 0 Å². The van der Waals surface area contributed by atoms with E-state index in [4.69, 9.17) is 10.2 Å². The summed E-state index contributed by atoms with van der Waals surface area (Å²) < 4.78 is 0. The van der Waals surface area contributed by atoms with Gasteiger partial charge >= 0.3 is 0 Å². The summed E-state index contributed by atoms with van der Waals surface area (Å²) in [6.45, 7) is 0. The molecule has 3 heteroatoms. The first-order valence-corrected chi connectivity index (χ1v) is 1.58. The van der Waals surface area contributed by atoms with Crippen molar-refractivity contribution in [3.05, 3.63) is 0 Å². The van der Waals surface area contributed by atoms with Crippen LogP contribution in [0, 0.1) is 11.8 Å². The van der Waals surface area contributed by atoms with Crippen molar-refractivity contribution in [2.24, 2.45) is 0 Å². The number of carbonyl (C=O) groups excluding carboxylic acids is 1. The van der Waals surface area contributed by atoms with Gasteiger partial charge in [-0.3, -0.25) is 4.79 Å². The van der Waals surface area contributed by atoms with Crippen LogP contribution < -0.4 is 0 Å². The van der Waals surface area contributed by atoms with Crippen LogP contribution in [0.25, 0.3) is 0 Å².